The second-order valence-electron chi connectivity index (χ2n) is 8.09. The fourth-order valence-electron chi connectivity index (χ4n) is 3.27. The molecular formula is C25H25N5O3S. The molecule has 2 aromatic heterocycles. The molecule has 0 saturated carbocycles. The van der Waals surface area contributed by atoms with Crippen LogP contribution in [-0.4, -0.2) is 26.9 Å². The van der Waals surface area contributed by atoms with Gasteiger partial charge in [-0.15, -0.1) is 11.3 Å². The first-order valence-corrected chi connectivity index (χ1v) is 11.8. The summed E-state index contributed by atoms with van der Waals surface area (Å²) in [6.07, 6.45) is 0.349. The van der Waals surface area contributed by atoms with Gasteiger partial charge in [-0.3, -0.25) is 20.4 Å². The summed E-state index contributed by atoms with van der Waals surface area (Å²) in [6.45, 7) is 6.04. The molecule has 4 rings (SSSR count). The Morgan fingerprint density at radius 3 is 2.41 bits per heavy atom. The monoisotopic (exact) mass is 475 g/mol. The quantitative estimate of drug-likeness (QED) is 0.375. The van der Waals surface area contributed by atoms with E-state index in [1.54, 1.807) is 6.92 Å². The number of amides is 2. The third-order valence-electron chi connectivity index (χ3n) is 5.21. The fourth-order valence-corrected chi connectivity index (χ4v) is 4.24. The lowest BCUT2D eigenvalue weighted by Gasteiger charge is -2.05. The molecule has 0 radical (unpaired) electrons. The van der Waals surface area contributed by atoms with Crippen LogP contribution >= 0.6 is 11.3 Å². The maximum absolute atomic E-state index is 12.5. The molecule has 9 heteroatoms. The molecule has 2 amide bonds. The summed E-state index contributed by atoms with van der Waals surface area (Å²) in [5.41, 5.74) is 8.51. The van der Waals surface area contributed by atoms with E-state index < -0.39 is 5.91 Å². The first kappa shape index (κ1) is 23.3. The van der Waals surface area contributed by atoms with E-state index in [1.165, 1.54) is 16.9 Å². The second kappa shape index (κ2) is 10.4. The molecule has 0 aliphatic carbocycles. The van der Waals surface area contributed by atoms with Crippen molar-refractivity contribution < 1.29 is 14.1 Å². The van der Waals surface area contributed by atoms with Gasteiger partial charge in [0.25, 0.3) is 5.91 Å². The van der Waals surface area contributed by atoms with Crippen LogP contribution in [0.2, 0.25) is 0 Å². The van der Waals surface area contributed by atoms with Gasteiger partial charge in [-0.25, -0.2) is 4.98 Å². The molecule has 34 heavy (non-hydrogen) atoms. The molecule has 8 nitrogen and oxygen atoms in total. The minimum absolute atomic E-state index is 0.0884. The maximum atomic E-state index is 12.5. The van der Waals surface area contributed by atoms with Crippen molar-refractivity contribution in [3.05, 3.63) is 76.6 Å². The van der Waals surface area contributed by atoms with Gasteiger partial charge in [0.05, 0.1) is 5.69 Å². The van der Waals surface area contributed by atoms with Crippen LogP contribution in [0, 0.1) is 6.92 Å². The first-order chi connectivity index (χ1) is 16.4. The predicted octanol–water partition coefficient (Wildman–Crippen LogP) is 4.69. The molecule has 0 saturated heterocycles. The number of hydrogen-bond acceptors (Lipinski definition) is 7. The van der Waals surface area contributed by atoms with Gasteiger partial charge < -0.3 is 4.52 Å². The van der Waals surface area contributed by atoms with Crippen molar-refractivity contribution in [3.8, 4) is 22.0 Å². The van der Waals surface area contributed by atoms with Crippen molar-refractivity contribution >= 4 is 23.2 Å². The lowest BCUT2D eigenvalue weighted by atomic mass is 10.0. The number of carbonyl (C=O) groups is 2. The minimum atomic E-state index is -0.407. The Morgan fingerprint density at radius 1 is 0.971 bits per heavy atom. The van der Waals surface area contributed by atoms with Crippen molar-refractivity contribution in [2.24, 2.45) is 0 Å². The Morgan fingerprint density at radius 2 is 1.71 bits per heavy atom. The molecule has 0 aliphatic heterocycles. The summed E-state index contributed by atoms with van der Waals surface area (Å²) >= 11 is 1.28. The summed E-state index contributed by atoms with van der Waals surface area (Å²) in [7, 11) is 0. The molecule has 0 atom stereocenters. The van der Waals surface area contributed by atoms with Crippen LogP contribution in [0.25, 0.3) is 22.0 Å². The van der Waals surface area contributed by atoms with Crippen LogP contribution in [0.5, 0.6) is 0 Å². The van der Waals surface area contributed by atoms with Gasteiger partial charge in [0.2, 0.25) is 17.6 Å². The van der Waals surface area contributed by atoms with Crippen LogP contribution in [0.4, 0.5) is 0 Å². The molecule has 0 fully saturated rings. The number of hydrogen-bond donors (Lipinski definition) is 2. The van der Waals surface area contributed by atoms with E-state index in [4.69, 9.17) is 4.52 Å². The predicted molar refractivity (Wildman–Crippen MR) is 130 cm³/mol. The third kappa shape index (κ3) is 5.55. The number of aromatic nitrogens is 3. The maximum Gasteiger partial charge on any atom is 0.281 e. The van der Waals surface area contributed by atoms with Crippen molar-refractivity contribution in [3.63, 3.8) is 0 Å². The lowest BCUT2D eigenvalue weighted by Crippen LogP contribution is -2.41. The molecule has 4 aromatic rings. The van der Waals surface area contributed by atoms with E-state index in [1.807, 2.05) is 54.6 Å². The normalized spacial score (nSPS) is 10.9. The Kier molecular flexibility index (Phi) is 7.12. The average molecular weight is 476 g/mol. The van der Waals surface area contributed by atoms with Gasteiger partial charge in [-0.2, -0.15) is 4.98 Å². The van der Waals surface area contributed by atoms with Gasteiger partial charge in [-0.1, -0.05) is 73.6 Å². The molecule has 0 unspecified atom stereocenters. The van der Waals surface area contributed by atoms with E-state index in [0.717, 1.165) is 16.1 Å². The molecule has 2 aromatic carbocycles. The number of thiazole rings is 1. The number of aryl methyl sites for hydroxylation is 2. The smallest absolute Gasteiger partial charge is 0.281 e. The molecule has 2 heterocycles. The number of nitrogens with zero attached hydrogens (tertiary/aromatic N) is 3. The zero-order valence-corrected chi connectivity index (χ0v) is 20.0. The van der Waals surface area contributed by atoms with Crippen LogP contribution in [0.3, 0.4) is 0 Å². The molecule has 174 valence electrons. The van der Waals surface area contributed by atoms with Gasteiger partial charge in [0, 0.05) is 24.0 Å². The highest BCUT2D eigenvalue weighted by Gasteiger charge is 2.17. The highest BCUT2D eigenvalue weighted by atomic mass is 32.1. The van der Waals surface area contributed by atoms with Crippen molar-refractivity contribution in [1.82, 2.24) is 26.0 Å². The summed E-state index contributed by atoms with van der Waals surface area (Å²) < 4.78 is 5.27. The lowest BCUT2D eigenvalue weighted by molar-refractivity contribution is -0.121. The number of rotatable bonds is 7. The van der Waals surface area contributed by atoms with Gasteiger partial charge in [-0.05, 0) is 18.4 Å². The highest BCUT2D eigenvalue weighted by molar-refractivity contribution is 7.17. The van der Waals surface area contributed by atoms with E-state index in [0.29, 0.717) is 28.2 Å². The summed E-state index contributed by atoms with van der Waals surface area (Å²) in [5.74, 6) is 0.513. The van der Waals surface area contributed by atoms with Crippen LogP contribution < -0.4 is 10.9 Å². The number of nitrogens with one attached hydrogen (secondary N) is 2. The second-order valence-corrected chi connectivity index (χ2v) is 9.09. The van der Waals surface area contributed by atoms with Crippen LogP contribution in [0.15, 0.2) is 59.1 Å². The zero-order valence-electron chi connectivity index (χ0n) is 19.2. The van der Waals surface area contributed by atoms with Gasteiger partial charge in [0.1, 0.15) is 9.88 Å². The average Bonchev–Trinajstić information content (AvgIpc) is 3.49. The van der Waals surface area contributed by atoms with Crippen LogP contribution in [0.1, 0.15) is 53.0 Å². The van der Waals surface area contributed by atoms with E-state index in [2.05, 4.69) is 39.8 Å². The molecule has 0 spiro atoms. The Balaban J connectivity index is 1.28. The molecule has 2 N–H and O–H groups in total. The number of benzene rings is 2. The summed E-state index contributed by atoms with van der Waals surface area (Å²) in [4.78, 5) is 34.0. The van der Waals surface area contributed by atoms with E-state index in [-0.39, 0.29) is 18.7 Å². The number of carbonyl (C=O) groups excluding carboxylic acids is 2. The first-order valence-electron chi connectivity index (χ1n) is 11.0. The molecular weight excluding hydrogens is 450 g/mol. The topological polar surface area (TPSA) is 110 Å². The molecule has 0 aliphatic rings. The third-order valence-corrected chi connectivity index (χ3v) is 6.41. The Bertz CT molecular complexity index is 1280. The zero-order chi connectivity index (χ0) is 24.1. The molecule has 0 bridgehead atoms. The Labute approximate surface area is 201 Å². The van der Waals surface area contributed by atoms with Crippen molar-refractivity contribution in [2.75, 3.05) is 0 Å². The van der Waals surface area contributed by atoms with E-state index >= 15 is 0 Å². The van der Waals surface area contributed by atoms with Gasteiger partial charge in [0.15, 0.2) is 0 Å². The summed E-state index contributed by atoms with van der Waals surface area (Å²) in [6, 6.07) is 17.6. The Hall–Kier alpha value is -3.85. The van der Waals surface area contributed by atoms with Crippen molar-refractivity contribution in [2.45, 2.75) is 39.5 Å². The van der Waals surface area contributed by atoms with E-state index in [9.17, 15) is 9.59 Å². The van der Waals surface area contributed by atoms with Gasteiger partial charge >= 0.3 is 0 Å². The fraction of sp³-hybridized carbons (Fsp3) is 0.240. The standard InChI is InChI=1S/C25H25N5O3S/c1-15(2)17-9-11-18(12-10-17)23-27-21(33-30-23)14-13-20(31)28-29-24(32)22-16(3)26-25(34-22)19-7-5-4-6-8-19/h4-12,15H,13-14H2,1-3H3,(H,28,31)(H,29,32). The summed E-state index contributed by atoms with van der Waals surface area (Å²) in [5, 5.41) is 4.75. The highest BCUT2D eigenvalue weighted by Crippen LogP contribution is 2.27. The minimum Gasteiger partial charge on any atom is -0.339 e. The SMILES string of the molecule is Cc1nc(-c2ccccc2)sc1C(=O)NNC(=O)CCc1nc(-c2ccc(C(C)C)cc2)no1. The number of hydrazine groups is 1. The largest absolute Gasteiger partial charge is 0.339 e. The van der Waals surface area contributed by atoms with Crippen molar-refractivity contribution in [1.29, 1.82) is 0 Å². The van der Waals surface area contributed by atoms with Crippen LogP contribution in [-0.2, 0) is 11.2 Å².